The molecule has 0 bridgehead atoms. The van der Waals surface area contributed by atoms with Crippen LogP contribution in [-0.2, 0) is 21.2 Å². The lowest BCUT2D eigenvalue weighted by molar-refractivity contribution is 0.0102. The van der Waals surface area contributed by atoms with Crippen LogP contribution in [0.25, 0.3) is 0 Å². The minimum atomic E-state index is -3.42. The molecule has 2 heterocycles. The Hall–Kier alpha value is -1.11. The lowest BCUT2D eigenvalue weighted by atomic mass is 10.2. The van der Waals surface area contributed by atoms with Crippen molar-refractivity contribution in [2.24, 2.45) is 0 Å². The van der Waals surface area contributed by atoms with Gasteiger partial charge in [0.05, 0.1) is 24.2 Å². The zero-order valence-corrected chi connectivity index (χ0v) is 11.6. The maximum Gasteiger partial charge on any atom is 0.243 e. The van der Waals surface area contributed by atoms with Gasteiger partial charge in [-0.25, -0.2) is 8.42 Å². The minimum absolute atomic E-state index is 0.0544. The van der Waals surface area contributed by atoms with E-state index in [-0.39, 0.29) is 6.10 Å². The first-order valence-corrected chi connectivity index (χ1v) is 7.89. The van der Waals surface area contributed by atoms with Crippen molar-refractivity contribution < 1.29 is 17.9 Å². The van der Waals surface area contributed by atoms with Crippen LogP contribution in [0.15, 0.2) is 23.1 Å². The highest BCUT2D eigenvalue weighted by molar-refractivity contribution is 7.89. The highest BCUT2D eigenvalue weighted by atomic mass is 32.2. The first-order chi connectivity index (χ1) is 9.07. The number of hydrogen-bond donors (Lipinski definition) is 0. The summed E-state index contributed by atoms with van der Waals surface area (Å²) in [6, 6.07) is 5.11. The van der Waals surface area contributed by atoms with E-state index in [0.29, 0.717) is 31.2 Å². The molecule has 1 atom stereocenters. The first kappa shape index (κ1) is 12.9. The summed E-state index contributed by atoms with van der Waals surface area (Å²) in [5.41, 5.74) is 0.974. The number of hydrogen-bond acceptors (Lipinski definition) is 4. The molecule has 2 aliphatic rings. The Morgan fingerprint density at radius 2 is 2.16 bits per heavy atom. The summed E-state index contributed by atoms with van der Waals surface area (Å²) in [4.78, 5) is 0.353. The minimum Gasteiger partial charge on any atom is -0.493 e. The molecule has 0 aliphatic carbocycles. The third-order valence-electron chi connectivity index (χ3n) is 3.50. The van der Waals surface area contributed by atoms with E-state index < -0.39 is 10.0 Å². The van der Waals surface area contributed by atoms with Crippen molar-refractivity contribution >= 4 is 10.0 Å². The van der Waals surface area contributed by atoms with Crippen LogP contribution >= 0.6 is 0 Å². The van der Waals surface area contributed by atoms with Crippen LogP contribution in [0.2, 0.25) is 0 Å². The van der Waals surface area contributed by atoms with Gasteiger partial charge in [0.1, 0.15) is 5.75 Å². The number of sulfonamides is 1. The van der Waals surface area contributed by atoms with Gasteiger partial charge in [-0.3, -0.25) is 0 Å². The molecule has 1 fully saturated rings. The summed E-state index contributed by atoms with van der Waals surface area (Å²) < 4.78 is 37.4. The van der Waals surface area contributed by atoms with E-state index in [2.05, 4.69) is 0 Å². The maximum absolute atomic E-state index is 12.6. The molecule has 19 heavy (non-hydrogen) atoms. The van der Waals surface area contributed by atoms with Crippen LogP contribution in [-0.4, -0.2) is 45.1 Å². The Labute approximate surface area is 113 Å². The van der Waals surface area contributed by atoms with E-state index in [4.69, 9.17) is 9.47 Å². The third-order valence-corrected chi connectivity index (χ3v) is 5.36. The standard InChI is InChI=1S/C13H17NO4S/c1-10-9-14(5-7-17-10)19(15,16)12-2-3-13-11(8-12)4-6-18-13/h2-3,8,10H,4-7,9H2,1H3. The van der Waals surface area contributed by atoms with Gasteiger partial charge in [-0.2, -0.15) is 4.31 Å². The van der Waals surface area contributed by atoms with Crippen molar-refractivity contribution in [3.8, 4) is 5.75 Å². The lowest BCUT2D eigenvalue weighted by Gasteiger charge is -2.30. The Balaban J connectivity index is 1.91. The van der Waals surface area contributed by atoms with Crippen molar-refractivity contribution in [1.29, 1.82) is 0 Å². The van der Waals surface area contributed by atoms with E-state index in [1.165, 1.54) is 4.31 Å². The fourth-order valence-electron chi connectivity index (χ4n) is 2.48. The Kier molecular flexibility index (Phi) is 3.24. The van der Waals surface area contributed by atoms with Gasteiger partial charge in [-0.1, -0.05) is 0 Å². The fraction of sp³-hybridized carbons (Fsp3) is 0.538. The molecule has 5 nitrogen and oxygen atoms in total. The number of benzene rings is 1. The molecule has 104 valence electrons. The highest BCUT2D eigenvalue weighted by Gasteiger charge is 2.30. The van der Waals surface area contributed by atoms with Crippen molar-refractivity contribution in [2.45, 2.75) is 24.3 Å². The first-order valence-electron chi connectivity index (χ1n) is 6.45. The second kappa shape index (κ2) is 4.77. The molecule has 0 N–H and O–H groups in total. The molecule has 0 spiro atoms. The molecule has 0 aromatic heterocycles. The number of fused-ring (bicyclic) bond motifs is 1. The average molecular weight is 283 g/mol. The van der Waals surface area contributed by atoms with E-state index in [1.807, 2.05) is 6.92 Å². The van der Waals surface area contributed by atoms with E-state index in [9.17, 15) is 8.42 Å². The molecule has 0 saturated carbocycles. The van der Waals surface area contributed by atoms with Crippen LogP contribution in [0.3, 0.4) is 0 Å². The third kappa shape index (κ3) is 2.35. The molecule has 1 saturated heterocycles. The fourth-order valence-corrected chi connectivity index (χ4v) is 4.03. The van der Waals surface area contributed by atoms with Gasteiger partial charge >= 0.3 is 0 Å². The summed E-state index contributed by atoms with van der Waals surface area (Å²) >= 11 is 0. The summed E-state index contributed by atoms with van der Waals surface area (Å²) in [7, 11) is -3.42. The molecule has 1 aromatic rings. The molecule has 2 aliphatic heterocycles. The van der Waals surface area contributed by atoms with Gasteiger partial charge in [0, 0.05) is 19.5 Å². The van der Waals surface area contributed by atoms with E-state index in [1.54, 1.807) is 18.2 Å². The molecule has 1 aromatic carbocycles. The Morgan fingerprint density at radius 3 is 2.95 bits per heavy atom. The predicted octanol–water partition coefficient (Wildman–Crippen LogP) is 1.03. The smallest absolute Gasteiger partial charge is 0.243 e. The normalized spacial score (nSPS) is 23.9. The van der Waals surface area contributed by atoms with Crippen LogP contribution in [0.1, 0.15) is 12.5 Å². The second-order valence-corrected chi connectivity index (χ2v) is 6.85. The molecule has 0 amide bonds. The van der Waals surface area contributed by atoms with Gasteiger partial charge in [0.25, 0.3) is 0 Å². The Bertz CT molecular complexity index is 584. The SMILES string of the molecule is CC1CN(S(=O)(=O)c2ccc3c(c2)CCO3)CCO1. The van der Waals surface area contributed by atoms with Crippen LogP contribution in [0.4, 0.5) is 0 Å². The monoisotopic (exact) mass is 283 g/mol. The van der Waals surface area contributed by atoms with Crippen LogP contribution in [0, 0.1) is 0 Å². The summed E-state index contributed by atoms with van der Waals surface area (Å²) in [5.74, 6) is 0.800. The molecular formula is C13H17NO4S. The van der Waals surface area contributed by atoms with Gasteiger partial charge in [0.2, 0.25) is 10.0 Å². The quantitative estimate of drug-likeness (QED) is 0.813. The molecule has 0 radical (unpaired) electrons. The van der Waals surface area contributed by atoms with Gasteiger partial charge in [0.15, 0.2) is 0 Å². The molecule has 6 heteroatoms. The summed E-state index contributed by atoms with van der Waals surface area (Å²) in [6.45, 7) is 3.80. The topological polar surface area (TPSA) is 55.8 Å². The van der Waals surface area contributed by atoms with Crippen molar-refractivity contribution in [3.63, 3.8) is 0 Å². The summed E-state index contributed by atoms with van der Waals surface area (Å²) in [6.07, 6.45) is 0.722. The number of rotatable bonds is 2. The van der Waals surface area contributed by atoms with Crippen molar-refractivity contribution in [2.75, 3.05) is 26.3 Å². The molecule has 3 rings (SSSR count). The highest BCUT2D eigenvalue weighted by Crippen LogP contribution is 2.29. The predicted molar refractivity (Wildman–Crippen MR) is 69.8 cm³/mol. The second-order valence-electron chi connectivity index (χ2n) is 4.91. The molecular weight excluding hydrogens is 266 g/mol. The lowest BCUT2D eigenvalue weighted by Crippen LogP contribution is -2.44. The van der Waals surface area contributed by atoms with Gasteiger partial charge in [-0.05, 0) is 30.7 Å². The van der Waals surface area contributed by atoms with E-state index >= 15 is 0 Å². The zero-order chi connectivity index (χ0) is 13.5. The Morgan fingerprint density at radius 1 is 1.32 bits per heavy atom. The van der Waals surface area contributed by atoms with Crippen molar-refractivity contribution in [1.82, 2.24) is 4.31 Å². The van der Waals surface area contributed by atoms with Gasteiger partial charge in [-0.15, -0.1) is 0 Å². The number of ether oxygens (including phenoxy) is 2. The van der Waals surface area contributed by atoms with Gasteiger partial charge < -0.3 is 9.47 Å². The van der Waals surface area contributed by atoms with E-state index in [0.717, 1.165) is 17.7 Å². The average Bonchev–Trinajstić information content (AvgIpc) is 2.85. The van der Waals surface area contributed by atoms with Crippen molar-refractivity contribution in [3.05, 3.63) is 23.8 Å². The molecule has 1 unspecified atom stereocenters. The number of nitrogens with zero attached hydrogens (tertiary/aromatic N) is 1. The summed E-state index contributed by atoms with van der Waals surface area (Å²) in [5, 5.41) is 0. The maximum atomic E-state index is 12.6. The van der Waals surface area contributed by atoms with Crippen LogP contribution in [0.5, 0.6) is 5.75 Å². The van der Waals surface area contributed by atoms with Crippen LogP contribution < -0.4 is 4.74 Å². The largest absolute Gasteiger partial charge is 0.493 e. The number of morpholine rings is 1. The zero-order valence-electron chi connectivity index (χ0n) is 10.8.